The Labute approximate surface area is 82.7 Å². The highest BCUT2D eigenvalue weighted by atomic mass is 32.2. The lowest BCUT2D eigenvalue weighted by Crippen LogP contribution is -2.17. The van der Waals surface area contributed by atoms with Crippen LogP contribution in [0.15, 0.2) is 16.6 Å². The van der Waals surface area contributed by atoms with Crippen LogP contribution in [0.25, 0.3) is 0 Å². The van der Waals surface area contributed by atoms with E-state index in [1.54, 1.807) is 6.20 Å². The van der Waals surface area contributed by atoms with Gasteiger partial charge in [-0.25, -0.2) is 9.78 Å². The Morgan fingerprint density at radius 3 is 3.08 bits per heavy atom. The molecule has 0 saturated carbocycles. The Morgan fingerprint density at radius 2 is 2.54 bits per heavy atom. The molecule has 1 aliphatic heterocycles. The van der Waals surface area contributed by atoms with Crippen molar-refractivity contribution in [2.75, 3.05) is 5.75 Å². The summed E-state index contributed by atoms with van der Waals surface area (Å²) in [5, 5.41) is 12.1. The van der Waals surface area contributed by atoms with Gasteiger partial charge in [-0.3, -0.25) is 4.99 Å². The highest BCUT2D eigenvalue weighted by Crippen LogP contribution is 2.24. The third-order valence-electron chi connectivity index (χ3n) is 1.55. The summed E-state index contributed by atoms with van der Waals surface area (Å²) in [5.74, 6) is -0.344. The lowest BCUT2D eigenvalue weighted by molar-refractivity contribution is -0.137. The molecule has 68 valence electrons. The van der Waals surface area contributed by atoms with Gasteiger partial charge in [0.15, 0.2) is 6.04 Å². The molecule has 1 unspecified atom stereocenters. The van der Waals surface area contributed by atoms with E-state index in [4.69, 9.17) is 5.11 Å². The van der Waals surface area contributed by atoms with Crippen LogP contribution in [-0.4, -0.2) is 32.9 Å². The maximum atomic E-state index is 10.6. The van der Waals surface area contributed by atoms with Gasteiger partial charge < -0.3 is 5.11 Å². The summed E-state index contributed by atoms with van der Waals surface area (Å²) < 4.78 is 0. The molecule has 2 rings (SSSR count). The predicted octanol–water partition coefficient (Wildman–Crippen LogP) is 1.09. The molecule has 0 aliphatic carbocycles. The molecule has 4 nitrogen and oxygen atoms in total. The number of carboxylic acids is 1. The minimum atomic E-state index is -0.862. The third-order valence-corrected chi connectivity index (χ3v) is 3.51. The molecular weight excluding hydrogens is 208 g/mol. The third kappa shape index (κ3) is 1.73. The first-order chi connectivity index (χ1) is 6.27. The predicted molar refractivity (Wildman–Crippen MR) is 52.5 cm³/mol. The van der Waals surface area contributed by atoms with Crippen LogP contribution >= 0.6 is 23.1 Å². The molecule has 1 N–H and O–H groups in total. The van der Waals surface area contributed by atoms with Crippen LogP contribution in [0, 0.1) is 0 Å². The van der Waals surface area contributed by atoms with Gasteiger partial charge in [0.25, 0.3) is 0 Å². The van der Waals surface area contributed by atoms with Crippen molar-refractivity contribution in [3.63, 3.8) is 0 Å². The van der Waals surface area contributed by atoms with Crippen molar-refractivity contribution in [2.45, 2.75) is 6.04 Å². The van der Waals surface area contributed by atoms with E-state index >= 15 is 0 Å². The molecule has 0 aromatic carbocycles. The van der Waals surface area contributed by atoms with Gasteiger partial charge in [-0.2, -0.15) is 0 Å². The molecule has 0 spiro atoms. The molecule has 0 saturated heterocycles. The number of hydrogen-bond donors (Lipinski definition) is 1. The first-order valence-electron chi connectivity index (χ1n) is 3.60. The van der Waals surface area contributed by atoms with E-state index < -0.39 is 12.0 Å². The quantitative estimate of drug-likeness (QED) is 0.800. The summed E-state index contributed by atoms with van der Waals surface area (Å²) in [4.78, 5) is 18.7. The van der Waals surface area contributed by atoms with Gasteiger partial charge >= 0.3 is 5.97 Å². The fourth-order valence-electron chi connectivity index (χ4n) is 0.946. The van der Waals surface area contributed by atoms with Crippen molar-refractivity contribution in [3.8, 4) is 0 Å². The van der Waals surface area contributed by atoms with Crippen LogP contribution in [0.1, 0.15) is 5.01 Å². The van der Waals surface area contributed by atoms with E-state index in [9.17, 15) is 4.79 Å². The van der Waals surface area contributed by atoms with Gasteiger partial charge in [-0.05, 0) is 0 Å². The number of aromatic nitrogens is 1. The van der Waals surface area contributed by atoms with Gasteiger partial charge in [0, 0.05) is 17.3 Å². The SMILES string of the molecule is O=C(O)C1CSC(c2nccs2)=N1. The fraction of sp³-hybridized carbons (Fsp3) is 0.286. The average Bonchev–Trinajstić information content (AvgIpc) is 2.75. The van der Waals surface area contributed by atoms with Crippen LogP contribution in [-0.2, 0) is 4.79 Å². The van der Waals surface area contributed by atoms with E-state index in [2.05, 4.69) is 9.98 Å². The maximum Gasteiger partial charge on any atom is 0.329 e. The van der Waals surface area contributed by atoms with Crippen LogP contribution in [0.5, 0.6) is 0 Å². The first-order valence-corrected chi connectivity index (χ1v) is 5.47. The van der Waals surface area contributed by atoms with Crippen LogP contribution in [0.2, 0.25) is 0 Å². The Balaban J connectivity index is 2.20. The van der Waals surface area contributed by atoms with Gasteiger partial charge in [0.2, 0.25) is 0 Å². The standard InChI is InChI=1S/C7H6N2O2S2/c10-7(11)4-3-13-6(9-4)5-8-1-2-12-5/h1-2,4H,3H2,(H,10,11). The Hall–Kier alpha value is -0.880. The number of thioether (sulfide) groups is 1. The highest BCUT2D eigenvalue weighted by Gasteiger charge is 2.25. The largest absolute Gasteiger partial charge is 0.480 e. The topological polar surface area (TPSA) is 62.5 Å². The number of nitrogens with zero attached hydrogens (tertiary/aromatic N) is 2. The van der Waals surface area contributed by atoms with E-state index in [1.165, 1.54) is 23.1 Å². The Kier molecular flexibility index (Phi) is 2.32. The normalized spacial score (nSPS) is 21.5. The summed E-state index contributed by atoms with van der Waals surface area (Å²) in [6, 6.07) is -0.594. The minimum absolute atomic E-state index is 0.518. The molecule has 1 aliphatic rings. The lowest BCUT2D eigenvalue weighted by atomic mass is 10.4. The smallest absolute Gasteiger partial charge is 0.329 e. The van der Waals surface area contributed by atoms with Crippen LogP contribution in [0.3, 0.4) is 0 Å². The van der Waals surface area contributed by atoms with Crippen molar-refractivity contribution in [1.29, 1.82) is 0 Å². The number of rotatable bonds is 2. The van der Waals surface area contributed by atoms with Gasteiger partial charge in [-0.1, -0.05) is 0 Å². The average molecular weight is 214 g/mol. The monoisotopic (exact) mass is 214 g/mol. The van der Waals surface area contributed by atoms with E-state index in [0.717, 1.165) is 10.1 Å². The molecule has 6 heteroatoms. The maximum absolute atomic E-state index is 10.6. The first kappa shape index (κ1) is 8.71. The van der Waals surface area contributed by atoms with Gasteiger partial charge in [0.1, 0.15) is 10.1 Å². The highest BCUT2D eigenvalue weighted by molar-refractivity contribution is 8.15. The molecule has 0 fully saturated rings. The lowest BCUT2D eigenvalue weighted by Gasteiger charge is -1.93. The Morgan fingerprint density at radius 1 is 1.69 bits per heavy atom. The summed E-state index contributed by atoms with van der Waals surface area (Å²) in [7, 11) is 0. The number of aliphatic carboxylic acids is 1. The van der Waals surface area contributed by atoms with Crippen molar-refractivity contribution < 1.29 is 9.90 Å². The molecule has 2 heterocycles. The van der Waals surface area contributed by atoms with Crippen LogP contribution in [0.4, 0.5) is 0 Å². The summed E-state index contributed by atoms with van der Waals surface area (Å²) in [6.07, 6.45) is 1.69. The van der Waals surface area contributed by atoms with Crippen LogP contribution < -0.4 is 0 Å². The molecule has 1 aromatic heterocycles. The summed E-state index contributed by atoms with van der Waals surface area (Å²) in [5.41, 5.74) is 0. The molecule has 1 atom stereocenters. The number of aliphatic imine (C=N–C) groups is 1. The molecule has 1 aromatic rings. The number of hydrogen-bond acceptors (Lipinski definition) is 5. The van der Waals surface area contributed by atoms with Crippen molar-refractivity contribution >= 4 is 34.1 Å². The Bertz CT molecular complexity index is 347. The molecular formula is C7H6N2O2S2. The zero-order valence-corrected chi connectivity index (χ0v) is 8.14. The molecule has 0 amide bonds. The number of carbonyl (C=O) groups is 1. The van der Waals surface area contributed by atoms with E-state index in [0.29, 0.717) is 5.75 Å². The fourth-order valence-corrected chi connectivity index (χ4v) is 2.70. The zero-order chi connectivity index (χ0) is 9.26. The molecule has 13 heavy (non-hydrogen) atoms. The second-order valence-electron chi connectivity index (χ2n) is 2.44. The zero-order valence-electron chi connectivity index (χ0n) is 6.51. The molecule has 0 radical (unpaired) electrons. The molecule has 0 bridgehead atoms. The second-order valence-corrected chi connectivity index (χ2v) is 4.34. The minimum Gasteiger partial charge on any atom is -0.480 e. The number of carboxylic acid groups (broad SMARTS) is 1. The summed E-state index contributed by atoms with van der Waals surface area (Å²) >= 11 is 2.93. The second kappa shape index (κ2) is 3.47. The van der Waals surface area contributed by atoms with Crippen molar-refractivity contribution in [2.24, 2.45) is 4.99 Å². The van der Waals surface area contributed by atoms with E-state index in [-0.39, 0.29) is 0 Å². The number of thiazole rings is 1. The summed E-state index contributed by atoms with van der Waals surface area (Å²) in [6.45, 7) is 0. The van der Waals surface area contributed by atoms with Crippen molar-refractivity contribution in [1.82, 2.24) is 4.98 Å². The van der Waals surface area contributed by atoms with Gasteiger partial charge in [-0.15, -0.1) is 23.1 Å². The van der Waals surface area contributed by atoms with Gasteiger partial charge in [0.05, 0.1) is 0 Å². The van der Waals surface area contributed by atoms with E-state index in [1.807, 2.05) is 5.38 Å². The van der Waals surface area contributed by atoms with Crippen molar-refractivity contribution in [3.05, 3.63) is 16.6 Å².